The van der Waals surface area contributed by atoms with Gasteiger partial charge in [0.15, 0.2) is 0 Å². The van der Waals surface area contributed by atoms with Crippen LogP contribution in [0.25, 0.3) is 0 Å². The Labute approximate surface area is 177 Å². The van der Waals surface area contributed by atoms with E-state index >= 15 is 0 Å². The van der Waals surface area contributed by atoms with Crippen molar-refractivity contribution in [3.63, 3.8) is 0 Å². The average Bonchev–Trinajstić information content (AvgIpc) is 2.76. The van der Waals surface area contributed by atoms with Crippen molar-refractivity contribution in [1.82, 2.24) is 15.3 Å². The molecular weight excluding hydrogens is 378 g/mol. The summed E-state index contributed by atoms with van der Waals surface area (Å²) in [6, 6.07) is 7.98. The maximum atomic E-state index is 12.5. The second-order valence-electron chi connectivity index (χ2n) is 9.06. The molecule has 7 heteroatoms. The molecule has 0 radical (unpaired) electrons. The lowest BCUT2D eigenvalue weighted by Gasteiger charge is -2.59. The molecule has 4 fully saturated rings. The van der Waals surface area contributed by atoms with Gasteiger partial charge in [-0.1, -0.05) is 6.07 Å². The molecule has 3 N–H and O–H groups in total. The summed E-state index contributed by atoms with van der Waals surface area (Å²) in [5, 5.41) is 9.73. The molecule has 2 heterocycles. The number of rotatable bonds is 6. The fourth-order valence-electron chi connectivity index (χ4n) is 6.14. The molecule has 158 valence electrons. The lowest BCUT2D eigenvalue weighted by atomic mass is 9.52. The average molecular weight is 408 g/mol. The number of hydrogen-bond donors (Lipinski definition) is 3. The third kappa shape index (κ3) is 3.41. The second kappa shape index (κ2) is 7.54. The number of amides is 1. The number of methoxy groups -OCH3 is 1. The molecule has 3 unspecified atom stereocenters. The minimum Gasteiger partial charge on any atom is -0.381 e. The highest BCUT2D eigenvalue weighted by Crippen LogP contribution is 2.57. The number of anilines is 3. The minimum atomic E-state index is -0.133. The number of carbonyl (C=O) groups is 1. The van der Waals surface area contributed by atoms with Crippen molar-refractivity contribution in [3.05, 3.63) is 42.2 Å². The molecule has 0 aliphatic heterocycles. The van der Waals surface area contributed by atoms with Crippen LogP contribution in [0.15, 0.2) is 36.7 Å². The van der Waals surface area contributed by atoms with Crippen LogP contribution in [0, 0.1) is 17.8 Å². The summed E-state index contributed by atoms with van der Waals surface area (Å²) in [6.45, 7) is 0. The van der Waals surface area contributed by atoms with Crippen LogP contribution in [0.1, 0.15) is 42.5 Å². The predicted octanol–water partition coefficient (Wildman–Crippen LogP) is 3.59. The van der Waals surface area contributed by atoms with Crippen molar-refractivity contribution in [2.75, 3.05) is 24.8 Å². The summed E-state index contributed by atoms with van der Waals surface area (Å²) < 4.78 is 5.99. The third-order valence-corrected chi connectivity index (χ3v) is 7.27. The van der Waals surface area contributed by atoms with Crippen LogP contribution in [0.2, 0.25) is 0 Å². The van der Waals surface area contributed by atoms with Crippen LogP contribution in [-0.4, -0.2) is 41.7 Å². The summed E-state index contributed by atoms with van der Waals surface area (Å²) >= 11 is 0. The standard InChI is InChI=1S/C23H29N5O2/c1-24-22(29)17-13-26-20(28-19-5-3-4-6-25-19)9-18(17)27-21-15-7-14-8-16(21)12-23(10-14,11-15)30-2/h3-6,9,13-16,21H,7-8,10-12H2,1-2H3,(H,24,29)(H2,25,26,27,28)/t14?,15-,16+,21?,23?. The third-order valence-electron chi connectivity index (χ3n) is 7.27. The second-order valence-corrected chi connectivity index (χ2v) is 9.06. The molecule has 2 aromatic rings. The molecule has 0 aromatic carbocycles. The van der Waals surface area contributed by atoms with E-state index in [4.69, 9.17) is 4.74 Å². The highest BCUT2D eigenvalue weighted by Gasteiger charge is 2.55. The van der Waals surface area contributed by atoms with Crippen molar-refractivity contribution in [2.24, 2.45) is 17.8 Å². The van der Waals surface area contributed by atoms with Gasteiger partial charge in [0, 0.05) is 38.7 Å². The SMILES string of the molecule is CNC(=O)c1cnc(Nc2ccccn2)cc1NC1[C@@H]2CC3C[C@H]1CC(OC)(C3)C2. The van der Waals surface area contributed by atoms with E-state index in [-0.39, 0.29) is 11.5 Å². The Hall–Kier alpha value is -2.67. The Morgan fingerprint density at radius 2 is 1.93 bits per heavy atom. The summed E-state index contributed by atoms with van der Waals surface area (Å²) in [5.74, 6) is 3.19. The zero-order chi connectivity index (χ0) is 20.7. The van der Waals surface area contributed by atoms with Gasteiger partial charge in [0.2, 0.25) is 0 Å². The van der Waals surface area contributed by atoms with E-state index in [1.165, 1.54) is 19.3 Å². The number of nitrogens with zero attached hydrogens (tertiary/aromatic N) is 2. The van der Waals surface area contributed by atoms with Crippen LogP contribution in [0.5, 0.6) is 0 Å². The van der Waals surface area contributed by atoms with Crippen molar-refractivity contribution >= 4 is 23.2 Å². The molecule has 5 atom stereocenters. The van der Waals surface area contributed by atoms with Crippen molar-refractivity contribution < 1.29 is 9.53 Å². The normalized spacial score (nSPS) is 31.4. The number of ether oxygens (including phenoxy) is 1. The zero-order valence-electron chi connectivity index (χ0n) is 17.5. The summed E-state index contributed by atoms with van der Waals surface area (Å²) in [5.41, 5.74) is 1.47. The van der Waals surface area contributed by atoms with Gasteiger partial charge in [0.1, 0.15) is 11.6 Å². The molecule has 4 saturated carbocycles. The van der Waals surface area contributed by atoms with Crippen molar-refractivity contribution in [3.8, 4) is 0 Å². The number of nitrogens with one attached hydrogen (secondary N) is 3. The molecule has 1 amide bonds. The molecule has 30 heavy (non-hydrogen) atoms. The quantitative estimate of drug-likeness (QED) is 0.678. The first-order valence-electron chi connectivity index (χ1n) is 10.8. The smallest absolute Gasteiger partial charge is 0.254 e. The van der Waals surface area contributed by atoms with Crippen molar-refractivity contribution in [2.45, 2.75) is 43.7 Å². The highest BCUT2D eigenvalue weighted by molar-refractivity contribution is 5.99. The Balaban J connectivity index is 1.42. The lowest BCUT2D eigenvalue weighted by Crippen LogP contribution is -2.59. The number of pyridine rings is 2. The van der Waals surface area contributed by atoms with E-state index in [1.807, 2.05) is 31.4 Å². The van der Waals surface area contributed by atoms with Gasteiger partial charge in [-0.25, -0.2) is 9.97 Å². The van der Waals surface area contributed by atoms with E-state index in [0.717, 1.165) is 30.3 Å². The van der Waals surface area contributed by atoms with Gasteiger partial charge in [-0.3, -0.25) is 4.79 Å². The van der Waals surface area contributed by atoms with Gasteiger partial charge in [-0.15, -0.1) is 0 Å². The fourth-order valence-corrected chi connectivity index (χ4v) is 6.14. The monoisotopic (exact) mass is 407 g/mol. The zero-order valence-corrected chi connectivity index (χ0v) is 17.5. The fraction of sp³-hybridized carbons (Fsp3) is 0.522. The minimum absolute atomic E-state index is 0.0717. The summed E-state index contributed by atoms with van der Waals surface area (Å²) in [4.78, 5) is 21.3. The Morgan fingerprint density at radius 1 is 1.13 bits per heavy atom. The topological polar surface area (TPSA) is 88.2 Å². The van der Waals surface area contributed by atoms with Gasteiger partial charge in [0.25, 0.3) is 5.91 Å². The first kappa shape index (κ1) is 19.3. The lowest BCUT2D eigenvalue weighted by molar-refractivity contribution is -0.149. The van der Waals surface area contributed by atoms with Gasteiger partial charge in [0.05, 0.1) is 16.9 Å². The Kier molecular flexibility index (Phi) is 4.85. The van der Waals surface area contributed by atoms with Crippen molar-refractivity contribution in [1.29, 1.82) is 0 Å². The molecule has 4 bridgehead atoms. The van der Waals surface area contributed by atoms with E-state index in [2.05, 4.69) is 25.9 Å². The molecule has 6 rings (SSSR count). The van der Waals surface area contributed by atoms with E-state index in [9.17, 15) is 4.79 Å². The number of aromatic nitrogens is 2. The largest absolute Gasteiger partial charge is 0.381 e. The van der Waals surface area contributed by atoms with Gasteiger partial charge in [-0.05, 0) is 62.0 Å². The van der Waals surface area contributed by atoms with Gasteiger partial charge in [-0.2, -0.15) is 0 Å². The summed E-state index contributed by atoms with van der Waals surface area (Å²) in [6.07, 6.45) is 9.29. The van der Waals surface area contributed by atoms with E-state index in [0.29, 0.717) is 29.3 Å². The molecule has 0 saturated heterocycles. The van der Waals surface area contributed by atoms with E-state index < -0.39 is 0 Å². The van der Waals surface area contributed by atoms with Gasteiger partial charge >= 0.3 is 0 Å². The van der Waals surface area contributed by atoms with Crippen LogP contribution < -0.4 is 16.0 Å². The Bertz CT molecular complexity index is 918. The molecule has 2 aromatic heterocycles. The maximum Gasteiger partial charge on any atom is 0.254 e. The maximum absolute atomic E-state index is 12.5. The molecule has 0 spiro atoms. The van der Waals surface area contributed by atoms with Crippen LogP contribution >= 0.6 is 0 Å². The molecule has 7 nitrogen and oxygen atoms in total. The predicted molar refractivity (Wildman–Crippen MR) is 116 cm³/mol. The van der Waals surface area contributed by atoms with E-state index in [1.54, 1.807) is 19.4 Å². The first-order chi connectivity index (χ1) is 14.6. The van der Waals surface area contributed by atoms with Crippen LogP contribution in [0.3, 0.4) is 0 Å². The highest BCUT2D eigenvalue weighted by atomic mass is 16.5. The first-order valence-corrected chi connectivity index (χ1v) is 10.8. The number of hydrogen-bond acceptors (Lipinski definition) is 6. The van der Waals surface area contributed by atoms with Gasteiger partial charge < -0.3 is 20.7 Å². The molecule has 4 aliphatic rings. The Morgan fingerprint density at radius 3 is 2.60 bits per heavy atom. The van der Waals surface area contributed by atoms with Crippen LogP contribution in [-0.2, 0) is 4.74 Å². The number of carbonyl (C=O) groups excluding carboxylic acids is 1. The summed E-state index contributed by atoms with van der Waals surface area (Å²) in [7, 11) is 3.52. The molecular formula is C23H29N5O2. The molecule has 4 aliphatic carbocycles. The van der Waals surface area contributed by atoms with Crippen LogP contribution in [0.4, 0.5) is 17.3 Å².